The average Bonchev–Trinajstić information content (AvgIpc) is 3.23. The maximum absolute atomic E-state index is 11.3. The molecule has 0 aliphatic heterocycles. The zero-order valence-corrected chi connectivity index (χ0v) is 18.1. The summed E-state index contributed by atoms with van der Waals surface area (Å²) in [5.41, 5.74) is 4.32. The van der Waals surface area contributed by atoms with E-state index in [4.69, 9.17) is 9.72 Å². The zero-order chi connectivity index (χ0) is 22.1. The molecule has 3 N–H and O–H groups in total. The molecule has 1 saturated carbocycles. The zero-order valence-electron chi connectivity index (χ0n) is 18.1. The fraction of sp³-hybridized carbons (Fsp3) is 0.348. The Balaban J connectivity index is 1.41. The molecule has 3 heterocycles. The molecule has 4 aromatic rings. The lowest BCUT2D eigenvalue weighted by atomic mass is 9.91. The number of anilines is 1. The number of H-pyrrole nitrogens is 1. The number of methoxy groups -OCH3 is 1. The first kappa shape index (κ1) is 20.2. The minimum atomic E-state index is 0.0286. The van der Waals surface area contributed by atoms with Crippen LogP contribution in [0.1, 0.15) is 32.6 Å². The highest BCUT2D eigenvalue weighted by Crippen LogP contribution is 2.35. The Labute approximate surface area is 185 Å². The number of benzene rings is 1. The van der Waals surface area contributed by atoms with Crippen LogP contribution in [0.2, 0.25) is 0 Å². The van der Waals surface area contributed by atoms with Gasteiger partial charge in [-0.2, -0.15) is 9.97 Å². The third-order valence-corrected chi connectivity index (χ3v) is 5.94. The van der Waals surface area contributed by atoms with Gasteiger partial charge in [-0.05, 0) is 43.4 Å². The van der Waals surface area contributed by atoms with Crippen molar-refractivity contribution >= 4 is 33.9 Å². The number of carbonyl (C=O) groups is 1. The third-order valence-electron chi connectivity index (χ3n) is 5.94. The minimum absolute atomic E-state index is 0.0286. The predicted octanol–water partition coefficient (Wildman–Crippen LogP) is 3.44. The van der Waals surface area contributed by atoms with E-state index in [1.54, 1.807) is 26.4 Å². The van der Waals surface area contributed by atoms with Crippen LogP contribution in [0.25, 0.3) is 33.2 Å². The molecule has 1 fully saturated rings. The molecule has 0 unspecified atom stereocenters. The largest absolute Gasteiger partial charge is 0.480 e. The van der Waals surface area contributed by atoms with Crippen molar-refractivity contribution in [1.82, 2.24) is 30.2 Å². The summed E-state index contributed by atoms with van der Waals surface area (Å²) in [7, 11) is 1.62. The predicted molar refractivity (Wildman–Crippen MR) is 122 cm³/mol. The van der Waals surface area contributed by atoms with Gasteiger partial charge in [-0.3, -0.25) is 14.8 Å². The monoisotopic (exact) mass is 431 g/mol. The second-order valence-electron chi connectivity index (χ2n) is 8.14. The molecule has 164 valence electrons. The normalized spacial score (nSPS) is 18.6. The number of hydrogen-bond donors (Lipinski definition) is 3. The number of fused-ring (bicyclic) bond motifs is 2. The van der Waals surface area contributed by atoms with Gasteiger partial charge in [-0.15, -0.1) is 0 Å². The Morgan fingerprint density at radius 2 is 1.81 bits per heavy atom. The second kappa shape index (κ2) is 8.41. The van der Waals surface area contributed by atoms with Crippen molar-refractivity contribution in [2.24, 2.45) is 0 Å². The number of carbonyl (C=O) groups excluding carboxylic acids is 1. The highest BCUT2D eigenvalue weighted by molar-refractivity contribution is 5.99. The molecule has 0 bridgehead atoms. The molecule has 9 heteroatoms. The Bertz CT molecular complexity index is 1280. The van der Waals surface area contributed by atoms with E-state index in [1.165, 1.54) is 0 Å². The van der Waals surface area contributed by atoms with E-state index in [0.29, 0.717) is 17.5 Å². The summed E-state index contributed by atoms with van der Waals surface area (Å²) in [5, 5.41) is 7.28. The van der Waals surface area contributed by atoms with Crippen molar-refractivity contribution < 1.29 is 9.53 Å². The Kier molecular flexibility index (Phi) is 5.30. The van der Waals surface area contributed by atoms with Crippen molar-refractivity contribution in [3.8, 4) is 17.0 Å². The van der Waals surface area contributed by atoms with E-state index in [1.807, 2.05) is 24.4 Å². The first-order chi connectivity index (χ1) is 15.6. The highest BCUT2D eigenvalue weighted by Gasteiger charge is 2.23. The molecule has 0 spiro atoms. The van der Waals surface area contributed by atoms with Crippen molar-refractivity contribution in [3.05, 3.63) is 36.8 Å². The molecule has 1 aliphatic rings. The molecule has 0 saturated heterocycles. The van der Waals surface area contributed by atoms with E-state index < -0.39 is 0 Å². The molecule has 32 heavy (non-hydrogen) atoms. The van der Waals surface area contributed by atoms with Gasteiger partial charge in [0.25, 0.3) is 0 Å². The summed E-state index contributed by atoms with van der Waals surface area (Å²) < 4.78 is 5.64. The van der Waals surface area contributed by atoms with Gasteiger partial charge in [0.15, 0.2) is 0 Å². The smallest absolute Gasteiger partial charge is 0.228 e. The fourth-order valence-electron chi connectivity index (χ4n) is 4.42. The molecule has 1 amide bonds. The maximum Gasteiger partial charge on any atom is 0.228 e. The summed E-state index contributed by atoms with van der Waals surface area (Å²) in [6, 6.07) is 6.48. The topological polar surface area (TPSA) is 118 Å². The van der Waals surface area contributed by atoms with Gasteiger partial charge in [0.05, 0.1) is 23.5 Å². The molecule has 5 rings (SSSR count). The number of ether oxygens (including phenoxy) is 1. The van der Waals surface area contributed by atoms with Crippen LogP contribution in [0.4, 0.5) is 5.95 Å². The molecule has 3 aromatic heterocycles. The van der Waals surface area contributed by atoms with E-state index in [2.05, 4.69) is 30.6 Å². The van der Waals surface area contributed by atoms with E-state index in [0.717, 1.165) is 53.2 Å². The van der Waals surface area contributed by atoms with Crippen molar-refractivity contribution in [2.75, 3.05) is 12.4 Å². The van der Waals surface area contributed by atoms with Crippen LogP contribution >= 0.6 is 0 Å². The molecule has 0 radical (unpaired) electrons. The summed E-state index contributed by atoms with van der Waals surface area (Å²) >= 11 is 0. The van der Waals surface area contributed by atoms with Crippen LogP contribution in [-0.4, -0.2) is 50.0 Å². The van der Waals surface area contributed by atoms with Crippen LogP contribution in [0.3, 0.4) is 0 Å². The van der Waals surface area contributed by atoms with E-state index in [9.17, 15) is 4.79 Å². The number of nitrogens with one attached hydrogen (secondary N) is 3. The first-order valence-electron chi connectivity index (χ1n) is 10.8. The molecule has 1 aliphatic carbocycles. The molecular weight excluding hydrogens is 406 g/mol. The number of rotatable bonds is 5. The minimum Gasteiger partial charge on any atom is -0.480 e. The average molecular weight is 432 g/mol. The SMILES string of the molecule is COc1nc(N[C@H]2CC[C@@H](NC(C)=O)CC2)nc2[nH]cc(-c3ccc4nccnc4c3)c12. The first-order valence-corrected chi connectivity index (χ1v) is 10.8. The summed E-state index contributed by atoms with van der Waals surface area (Å²) in [4.78, 5) is 32.6. The molecule has 1 aromatic carbocycles. The van der Waals surface area contributed by atoms with Crippen LogP contribution in [-0.2, 0) is 4.79 Å². The maximum atomic E-state index is 11.3. The van der Waals surface area contributed by atoms with Crippen LogP contribution in [0.5, 0.6) is 5.88 Å². The lowest BCUT2D eigenvalue weighted by Crippen LogP contribution is -2.39. The van der Waals surface area contributed by atoms with E-state index in [-0.39, 0.29) is 18.0 Å². The summed E-state index contributed by atoms with van der Waals surface area (Å²) in [6.07, 6.45) is 9.06. The lowest BCUT2D eigenvalue weighted by Gasteiger charge is -2.29. The van der Waals surface area contributed by atoms with Crippen molar-refractivity contribution in [1.29, 1.82) is 0 Å². The number of aromatic nitrogens is 5. The van der Waals surface area contributed by atoms with Gasteiger partial charge >= 0.3 is 0 Å². The molecular formula is C23H25N7O2. The number of hydrogen-bond acceptors (Lipinski definition) is 7. The standard InChI is InChI=1S/C23H25N7O2/c1-13(31)27-15-4-6-16(7-5-15)28-23-29-21-20(22(30-23)32-2)17(12-26-21)14-3-8-18-19(11-14)25-10-9-24-18/h3,8-12,15-16H,4-7H2,1-2H3,(H,27,31)(H2,26,28,29,30)/t15-,16+. The van der Waals surface area contributed by atoms with Crippen LogP contribution < -0.4 is 15.4 Å². The van der Waals surface area contributed by atoms with E-state index >= 15 is 0 Å². The van der Waals surface area contributed by atoms with Crippen molar-refractivity contribution in [3.63, 3.8) is 0 Å². The van der Waals surface area contributed by atoms with Gasteiger partial charge in [0.1, 0.15) is 5.65 Å². The second-order valence-corrected chi connectivity index (χ2v) is 8.14. The summed E-state index contributed by atoms with van der Waals surface area (Å²) in [6.45, 7) is 1.57. The third kappa shape index (κ3) is 3.93. The number of aromatic amines is 1. The molecule has 0 atom stereocenters. The Hall–Kier alpha value is -3.75. The summed E-state index contributed by atoms with van der Waals surface area (Å²) in [5.74, 6) is 1.08. The van der Waals surface area contributed by atoms with Gasteiger partial charge in [0.2, 0.25) is 17.7 Å². The van der Waals surface area contributed by atoms with Crippen LogP contribution in [0, 0.1) is 0 Å². The van der Waals surface area contributed by atoms with Gasteiger partial charge in [-0.25, -0.2) is 0 Å². The van der Waals surface area contributed by atoms with Crippen LogP contribution in [0.15, 0.2) is 36.8 Å². The van der Waals surface area contributed by atoms with Gasteiger partial charge in [-0.1, -0.05) is 6.07 Å². The highest BCUT2D eigenvalue weighted by atomic mass is 16.5. The molecule has 9 nitrogen and oxygen atoms in total. The number of amides is 1. The number of nitrogens with zero attached hydrogens (tertiary/aromatic N) is 4. The fourth-order valence-corrected chi connectivity index (χ4v) is 4.42. The van der Waals surface area contributed by atoms with Gasteiger partial charge in [0, 0.05) is 43.2 Å². The Morgan fingerprint density at radius 3 is 2.56 bits per heavy atom. The Morgan fingerprint density at radius 1 is 1.06 bits per heavy atom. The quantitative estimate of drug-likeness (QED) is 0.443. The van der Waals surface area contributed by atoms with Gasteiger partial charge < -0.3 is 20.4 Å². The lowest BCUT2D eigenvalue weighted by molar-refractivity contribution is -0.119. The van der Waals surface area contributed by atoms with Crippen molar-refractivity contribution in [2.45, 2.75) is 44.7 Å².